The first-order valence-corrected chi connectivity index (χ1v) is 8.18. The summed E-state index contributed by atoms with van der Waals surface area (Å²) in [4.78, 5) is 22.1. The first-order valence-electron chi connectivity index (χ1n) is 8.18. The van der Waals surface area contributed by atoms with Crippen LogP contribution in [-0.2, 0) is 13.0 Å². The standard InChI is InChI=1S/C17H15F3N6O/c1-26-3-2-11-13(7-26)23-16(22-11)15-12(6-21-25-15)24-17(27)14-9(19)4-8(18)5-10(14)20/h4-6H,2-3,7H2,1H3,(H,21,25)(H,22,23)(H,24,27). The molecule has 1 amide bonds. The minimum Gasteiger partial charge on any atom is -0.340 e. The van der Waals surface area contributed by atoms with Crippen LogP contribution in [0.4, 0.5) is 18.9 Å². The summed E-state index contributed by atoms with van der Waals surface area (Å²) in [5.41, 5.74) is 1.50. The summed E-state index contributed by atoms with van der Waals surface area (Å²) >= 11 is 0. The number of carbonyl (C=O) groups excluding carboxylic acids is 1. The van der Waals surface area contributed by atoms with Gasteiger partial charge in [0.15, 0.2) is 11.5 Å². The molecule has 3 aromatic rings. The summed E-state index contributed by atoms with van der Waals surface area (Å²) in [5.74, 6) is -4.29. The lowest BCUT2D eigenvalue weighted by atomic mass is 10.1. The van der Waals surface area contributed by atoms with Crippen LogP contribution in [0.5, 0.6) is 0 Å². The molecule has 0 fully saturated rings. The first-order chi connectivity index (χ1) is 12.9. The summed E-state index contributed by atoms with van der Waals surface area (Å²) in [6.07, 6.45) is 2.18. The van der Waals surface area contributed by atoms with E-state index in [4.69, 9.17) is 0 Å². The molecule has 0 saturated heterocycles. The Morgan fingerprint density at radius 3 is 2.74 bits per heavy atom. The molecule has 4 rings (SSSR count). The molecule has 10 heteroatoms. The normalized spacial score (nSPS) is 14.2. The number of carbonyl (C=O) groups is 1. The van der Waals surface area contributed by atoms with Crippen molar-refractivity contribution in [1.29, 1.82) is 0 Å². The van der Waals surface area contributed by atoms with Crippen molar-refractivity contribution in [2.45, 2.75) is 13.0 Å². The van der Waals surface area contributed by atoms with Crippen molar-refractivity contribution >= 4 is 11.6 Å². The molecule has 0 atom stereocenters. The van der Waals surface area contributed by atoms with E-state index >= 15 is 0 Å². The van der Waals surface area contributed by atoms with Gasteiger partial charge in [0.25, 0.3) is 5.91 Å². The predicted octanol–water partition coefficient (Wildman–Crippen LogP) is 2.46. The highest BCUT2D eigenvalue weighted by Crippen LogP contribution is 2.27. The highest BCUT2D eigenvalue weighted by atomic mass is 19.1. The van der Waals surface area contributed by atoms with E-state index < -0.39 is 28.9 Å². The fraction of sp³-hybridized carbons (Fsp3) is 0.235. The molecule has 0 spiro atoms. The lowest BCUT2D eigenvalue weighted by molar-refractivity contribution is 0.101. The Labute approximate surface area is 151 Å². The van der Waals surface area contributed by atoms with Gasteiger partial charge in [-0.2, -0.15) is 5.10 Å². The monoisotopic (exact) mass is 376 g/mol. The molecule has 3 N–H and O–H groups in total. The van der Waals surface area contributed by atoms with E-state index in [-0.39, 0.29) is 5.69 Å². The second-order valence-electron chi connectivity index (χ2n) is 6.34. The van der Waals surface area contributed by atoms with E-state index in [9.17, 15) is 18.0 Å². The van der Waals surface area contributed by atoms with Crippen LogP contribution in [0.1, 0.15) is 21.7 Å². The van der Waals surface area contributed by atoms with Gasteiger partial charge >= 0.3 is 0 Å². The van der Waals surface area contributed by atoms with Crippen molar-refractivity contribution in [3.8, 4) is 11.5 Å². The van der Waals surface area contributed by atoms with Gasteiger partial charge < -0.3 is 15.2 Å². The number of amides is 1. The lowest BCUT2D eigenvalue weighted by Crippen LogP contribution is -2.26. The number of anilines is 1. The summed E-state index contributed by atoms with van der Waals surface area (Å²) in [6.45, 7) is 1.58. The maximum atomic E-state index is 13.8. The van der Waals surface area contributed by atoms with Gasteiger partial charge in [0.05, 0.1) is 11.4 Å². The molecule has 0 saturated carbocycles. The molecule has 0 radical (unpaired) electrons. The molecule has 0 aliphatic carbocycles. The van der Waals surface area contributed by atoms with Crippen molar-refractivity contribution in [2.24, 2.45) is 0 Å². The van der Waals surface area contributed by atoms with E-state index in [2.05, 4.69) is 30.4 Å². The zero-order chi connectivity index (χ0) is 19.1. The quantitative estimate of drug-likeness (QED) is 0.655. The number of nitrogens with one attached hydrogen (secondary N) is 3. The minimum absolute atomic E-state index is 0.197. The Hall–Kier alpha value is -3.14. The zero-order valence-electron chi connectivity index (χ0n) is 14.2. The van der Waals surface area contributed by atoms with Crippen molar-refractivity contribution in [3.05, 3.63) is 52.7 Å². The fourth-order valence-electron chi connectivity index (χ4n) is 3.04. The highest BCUT2D eigenvalue weighted by molar-refractivity contribution is 6.06. The number of nitrogens with zero attached hydrogens (tertiary/aromatic N) is 3. The summed E-state index contributed by atoms with van der Waals surface area (Å²) in [6, 6.07) is 0.900. The number of fused-ring (bicyclic) bond motifs is 1. The molecule has 0 bridgehead atoms. The Morgan fingerprint density at radius 2 is 2.00 bits per heavy atom. The molecule has 27 heavy (non-hydrogen) atoms. The third-order valence-electron chi connectivity index (χ3n) is 4.37. The van der Waals surface area contributed by atoms with E-state index in [1.54, 1.807) is 0 Å². The van der Waals surface area contributed by atoms with Gasteiger partial charge in [-0.1, -0.05) is 0 Å². The first kappa shape index (κ1) is 17.3. The molecule has 2 aromatic heterocycles. The molecular weight excluding hydrogens is 361 g/mol. The number of rotatable bonds is 3. The van der Waals surface area contributed by atoms with Crippen molar-refractivity contribution in [2.75, 3.05) is 18.9 Å². The number of hydrogen-bond donors (Lipinski definition) is 3. The van der Waals surface area contributed by atoms with Crippen molar-refractivity contribution in [3.63, 3.8) is 0 Å². The average Bonchev–Trinajstić information content (AvgIpc) is 3.19. The fourth-order valence-corrected chi connectivity index (χ4v) is 3.04. The van der Waals surface area contributed by atoms with E-state index in [1.165, 1.54) is 6.20 Å². The Kier molecular flexibility index (Phi) is 4.19. The van der Waals surface area contributed by atoms with E-state index in [0.717, 1.165) is 24.4 Å². The second kappa shape index (κ2) is 6.54. The Morgan fingerprint density at radius 1 is 1.26 bits per heavy atom. The summed E-state index contributed by atoms with van der Waals surface area (Å²) in [7, 11) is 1.99. The third-order valence-corrected chi connectivity index (χ3v) is 4.37. The van der Waals surface area contributed by atoms with Gasteiger partial charge in [-0.3, -0.25) is 9.89 Å². The largest absolute Gasteiger partial charge is 0.340 e. The Balaban J connectivity index is 1.63. The molecule has 1 aromatic carbocycles. The van der Waals surface area contributed by atoms with Crippen LogP contribution in [-0.4, -0.2) is 44.6 Å². The minimum atomic E-state index is -1.29. The SMILES string of the molecule is CN1CCc2[nH]c(-c3n[nH]cc3NC(=O)c3c(F)cc(F)cc3F)nc2C1. The number of aromatic amines is 2. The molecule has 3 heterocycles. The molecule has 1 aliphatic rings. The predicted molar refractivity (Wildman–Crippen MR) is 90.5 cm³/mol. The van der Waals surface area contributed by atoms with E-state index in [0.29, 0.717) is 30.2 Å². The highest BCUT2D eigenvalue weighted by Gasteiger charge is 2.24. The number of hydrogen-bond acceptors (Lipinski definition) is 4. The molecular formula is C17H15F3N6O. The maximum Gasteiger partial charge on any atom is 0.261 e. The second-order valence-corrected chi connectivity index (χ2v) is 6.34. The van der Waals surface area contributed by atoms with Crippen LogP contribution in [0.2, 0.25) is 0 Å². The molecule has 140 valence electrons. The average molecular weight is 376 g/mol. The summed E-state index contributed by atoms with van der Waals surface area (Å²) < 4.78 is 40.7. The van der Waals surface area contributed by atoms with Gasteiger partial charge in [0.1, 0.15) is 23.0 Å². The van der Waals surface area contributed by atoms with Crippen molar-refractivity contribution in [1.82, 2.24) is 25.1 Å². The topological polar surface area (TPSA) is 89.7 Å². The molecule has 1 aliphatic heterocycles. The van der Waals surface area contributed by atoms with Crippen LogP contribution in [0.3, 0.4) is 0 Å². The zero-order valence-corrected chi connectivity index (χ0v) is 14.2. The number of benzene rings is 1. The molecule has 0 unspecified atom stereocenters. The van der Waals surface area contributed by atoms with Crippen LogP contribution in [0.15, 0.2) is 18.3 Å². The van der Waals surface area contributed by atoms with Crippen LogP contribution in [0.25, 0.3) is 11.5 Å². The third kappa shape index (κ3) is 3.19. The smallest absolute Gasteiger partial charge is 0.261 e. The summed E-state index contributed by atoms with van der Waals surface area (Å²) in [5, 5.41) is 9.05. The number of H-pyrrole nitrogens is 2. The Bertz CT molecular complexity index is 1000. The number of aromatic nitrogens is 4. The van der Waals surface area contributed by atoms with Crippen LogP contribution in [0, 0.1) is 17.5 Å². The van der Waals surface area contributed by atoms with Gasteiger partial charge in [-0.15, -0.1) is 0 Å². The van der Waals surface area contributed by atoms with Crippen molar-refractivity contribution < 1.29 is 18.0 Å². The maximum absolute atomic E-state index is 13.8. The van der Waals surface area contributed by atoms with Gasteiger partial charge in [-0.05, 0) is 7.05 Å². The van der Waals surface area contributed by atoms with Crippen LogP contribution < -0.4 is 5.32 Å². The van der Waals surface area contributed by atoms with Gasteiger partial charge in [0, 0.05) is 43.5 Å². The van der Waals surface area contributed by atoms with Gasteiger partial charge in [-0.25, -0.2) is 18.2 Å². The van der Waals surface area contributed by atoms with Crippen LogP contribution >= 0.6 is 0 Å². The number of halogens is 3. The van der Waals surface area contributed by atoms with Gasteiger partial charge in [0.2, 0.25) is 0 Å². The lowest BCUT2D eigenvalue weighted by Gasteiger charge is -2.20. The molecule has 7 nitrogen and oxygen atoms in total. The van der Waals surface area contributed by atoms with E-state index in [1.807, 2.05) is 7.05 Å². The number of likely N-dealkylation sites (N-methyl/N-ethyl adjacent to an activating group) is 1. The number of imidazole rings is 1.